The van der Waals surface area contributed by atoms with Crippen molar-refractivity contribution in [2.24, 2.45) is 0 Å². The average molecular weight is 499 g/mol. The Morgan fingerprint density at radius 2 is 1.79 bits per heavy atom. The number of hydrogen-bond donors (Lipinski definition) is 1. The molecule has 2 aliphatic heterocycles. The first-order valence-electron chi connectivity index (χ1n) is 10.7. The smallest absolute Gasteiger partial charge is 0.418 e. The monoisotopic (exact) mass is 498 g/mol. The van der Waals surface area contributed by atoms with Crippen LogP contribution in [0.2, 0.25) is 0 Å². The minimum absolute atomic E-state index is 0.283. The van der Waals surface area contributed by atoms with Gasteiger partial charge in [-0.3, -0.25) is 4.79 Å². The van der Waals surface area contributed by atoms with Crippen molar-refractivity contribution < 1.29 is 27.4 Å². The summed E-state index contributed by atoms with van der Waals surface area (Å²) in [5.74, 6) is 2.13. The van der Waals surface area contributed by atoms with Crippen molar-refractivity contribution in [1.29, 1.82) is 0 Å². The molecular weight excluding hydrogens is 473 g/mol. The van der Waals surface area contributed by atoms with E-state index in [9.17, 15) is 18.0 Å². The standard InChI is InChI=1S/C23H25F3N2O3S2/c24-23(25,26)19-14-17(28-8-10-30-11-9-28)4-7-20(19)27-21(29)15-31-18-5-2-16(3-6-18)22-32-12-1-13-33-22/h2-7,14,22H,1,8-13,15H2,(H,27,29). The minimum atomic E-state index is -4.60. The molecule has 2 saturated heterocycles. The molecule has 0 aromatic heterocycles. The summed E-state index contributed by atoms with van der Waals surface area (Å²) in [5.41, 5.74) is 0.479. The van der Waals surface area contributed by atoms with Gasteiger partial charge in [0.25, 0.3) is 5.91 Å². The molecule has 0 spiro atoms. The first-order chi connectivity index (χ1) is 15.9. The molecule has 4 rings (SSSR count). The number of alkyl halides is 3. The summed E-state index contributed by atoms with van der Waals surface area (Å²) in [7, 11) is 0. The Labute approximate surface area is 199 Å². The number of rotatable bonds is 6. The van der Waals surface area contributed by atoms with Crippen molar-refractivity contribution in [2.75, 3.05) is 54.6 Å². The molecule has 10 heteroatoms. The zero-order valence-electron chi connectivity index (χ0n) is 17.9. The molecule has 0 saturated carbocycles. The number of anilines is 2. The number of ether oxygens (including phenoxy) is 2. The summed E-state index contributed by atoms with van der Waals surface area (Å²) < 4.78 is 52.1. The fourth-order valence-electron chi connectivity index (χ4n) is 3.63. The minimum Gasteiger partial charge on any atom is -0.484 e. The van der Waals surface area contributed by atoms with Crippen LogP contribution in [0.1, 0.15) is 22.1 Å². The van der Waals surface area contributed by atoms with Crippen LogP contribution in [0.25, 0.3) is 0 Å². The Morgan fingerprint density at radius 3 is 2.45 bits per heavy atom. The molecule has 2 heterocycles. The van der Waals surface area contributed by atoms with Crippen molar-refractivity contribution >= 4 is 40.8 Å². The van der Waals surface area contributed by atoms with E-state index in [1.165, 1.54) is 18.1 Å². The fraction of sp³-hybridized carbons (Fsp3) is 0.435. The molecule has 0 bridgehead atoms. The maximum absolute atomic E-state index is 13.7. The van der Waals surface area contributed by atoms with Gasteiger partial charge in [-0.2, -0.15) is 13.2 Å². The summed E-state index contributed by atoms with van der Waals surface area (Å²) in [6.45, 7) is 1.60. The lowest BCUT2D eigenvalue weighted by Crippen LogP contribution is -2.36. The predicted octanol–water partition coefficient (Wildman–Crippen LogP) is 5.43. The number of morpholine rings is 1. The molecule has 2 aromatic carbocycles. The summed E-state index contributed by atoms with van der Waals surface area (Å²) >= 11 is 3.82. The van der Waals surface area contributed by atoms with Gasteiger partial charge in [-0.1, -0.05) is 12.1 Å². The second-order valence-corrected chi connectivity index (χ2v) is 10.4. The summed E-state index contributed by atoms with van der Waals surface area (Å²) in [5, 5.41) is 2.35. The Bertz CT molecular complexity index is 945. The molecular formula is C23H25F3N2O3S2. The highest BCUT2D eigenvalue weighted by Crippen LogP contribution is 2.43. The Balaban J connectivity index is 1.37. The highest BCUT2D eigenvalue weighted by atomic mass is 32.2. The number of amides is 1. The fourth-order valence-corrected chi connectivity index (χ4v) is 6.52. The molecule has 0 aliphatic carbocycles. The quantitative estimate of drug-likeness (QED) is 0.573. The Kier molecular flexibility index (Phi) is 7.98. The van der Waals surface area contributed by atoms with E-state index >= 15 is 0 Å². The van der Waals surface area contributed by atoms with E-state index in [1.807, 2.05) is 40.6 Å². The highest BCUT2D eigenvalue weighted by molar-refractivity contribution is 8.16. The zero-order valence-corrected chi connectivity index (χ0v) is 19.5. The third kappa shape index (κ3) is 6.51. The molecule has 0 unspecified atom stereocenters. The van der Waals surface area contributed by atoms with Crippen LogP contribution in [-0.4, -0.2) is 50.3 Å². The Hall–Kier alpha value is -2.04. The van der Waals surface area contributed by atoms with Crippen LogP contribution in [0.15, 0.2) is 42.5 Å². The van der Waals surface area contributed by atoms with Gasteiger partial charge in [0, 0.05) is 18.8 Å². The van der Waals surface area contributed by atoms with Crippen LogP contribution < -0.4 is 15.0 Å². The van der Waals surface area contributed by atoms with Crippen molar-refractivity contribution in [3.63, 3.8) is 0 Å². The summed E-state index contributed by atoms with van der Waals surface area (Å²) in [6, 6.07) is 11.5. The number of hydrogen-bond acceptors (Lipinski definition) is 6. The van der Waals surface area contributed by atoms with E-state index in [1.54, 1.807) is 18.2 Å². The number of benzene rings is 2. The zero-order chi connectivity index (χ0) is 23.3. The van der Waals surface area contributed by atoms with Gasteiger partial charge in [0.1, 0.15) is 5.75 Å². The molecule has 178 valence electrons. The van der Waals surface area contributed by atoms with Crippen LogP contribution in [-0.2, 0) is 15.7 Å². The lowest BCUT2D eigenvalue weighted by atomic mass is 10.1. The second-order valence-electron chi connectivity index (χ2n) is 7.66. The molecule has 2 fully saturated rings. The lowest BCUT2D eigenvalue weighted by Gasteiger charge is -2.29. The van der Waals surface area contributed by atoms with Crippen LogP contribution in [0.3, 0.4) is 0 Å². The van der Waals surface area contributed by atoms with Crippen molar-refractivity contribution in [3.8, 4) is 5.75 Å². The second kappa shape index (κ2) is 10.9. The van der Waals surface area contributed by atoms with Gasteiger partial charge in [-0.15, -0.1) is 23.5 Å². The van der Waals surface area contributed by atoms with Crippen LogP contribution in [0.4, 0.5) is 24.5 Å². The van der Waals surface area contributed by atoms with Gasteiger partial charge < -0.3 is 19.7 Å². The maximum Gasteiger partial charge on any atom is 0.418 e. The normalized spacial score (nSPS) is 17.6. The van der Waals surface area contributed by atoms with E-state index in [-0.39, 0.29) is 12.3 Å². The van der Waals surface area contributed by atoms with E-state index in [0.717, 1.165) is 17.6 Å². The molecule has 2 aromatic rings. The van der Waals surface area contributed by atoms with Crippen molar-refractivity contribution in [2.45, 2.75) is 17.2 Å². The predicted molar refractivity (Wildman–Crippen MR) is 127 cm³/mol. The van der Waals surface area contributed by atoms with Crippen molar-refractivity contribution in [3.05, 3.63) is 53.6 Å². The third-order valence-electron chi connectivity index (χ3n) is 5.31. The Morgan fingerprint density at radius 1 is 1.09 bits per heavy atom. The molecule has 0 atom stereocenters. The number of thioether (sulfide) groups is 2. The van der Waals surface area contributed by atoms with Crippen LogP contribution in [0, 0.1) is 0 Å². The van der Waals surface area contributed by atoms with Gasteiger partial charge in [-0.05, 0) is 53.8 Å². The molecule has 1 amide bonds. The van der Waals surface area contributed by atoms with E-state index in [2.05, 4.69) is 5.32 Å². The van der Waals surface area contributed by atoms with E-state index in [0.29, 0.717) is 42.3 Å². The molecule has 33 heavy (non-hydrogen) atoms. The number of halogens is 3. The molecule has 2 aliphatic rings. The van der Waals surface area contributed by atoms with Gasteiger partial charge in [-0.25, -0.2) is 0 Å². The number of carbonyl (C=O) groups is 1. The first-order valence-corrected chi connectivity index (χ1v) is 12.8. The van der Waals surface area contributed by atoms with Gasteiger partial charge >= 0.3 is 6.18 Å². The molecule has 0 radical (unpaired) electrons. The maximum atomic E-state index is 13.7. The largest absolute Gasteiger partial charge is 0.484 e. The average Bonchev–Trinajstić information content (AvgIpc) is 2.84. The summed E-state index contributed by atoms with van der Waals surface area (Å²) in [4.78, 5) is 14.2. The number of nitrogens with zero attached hydrogens (tertiary/aromatic N) is 1. The number of carbonyl (C=O) groups excluding carboxylic acids is 1. The van der Waals surface area contributed by atoms with Gasteiger partial charge in [0.2, 0.25) is 0 Å². The SMILES string of the molecule is O=C(COc1ccc(C2SCCCS2)cc1)Nc1ccc(N2CCOCC2)cc1C(F)(F)F. The van der Waals surface area contributed by atoms with E-state index in [4.69, 9.17) is 9.47 Å². The molecule has 1 N–H and O–H groups in total. The van der Waals surface area contributed by atoms with Gasteiger partial charge in [0.05, 0.1) is 29.0 Å². The van der Waals surface area contributed by atoms with Gasteiger partial charge in [0.15, 0.2) is 6.61 Å². The van der Waals surface area contributed by atoms with Crippen LogP contribution in [0.5, 0.6) is 5.75 Å². The number of nitrogens with one attached hydrogen (secondary N) is 1. The van der Waals surface area contributed by atoms with Crippen molar-refractivity contribution in [1.82, 2.24) is 0 Å². The highest BCUT2D eigenvalue weighted by Gasteiger charge is 2.35. The topological polar surface area (TPSA) is 50.8 Å². The lowest BCUT2D eigenvalue weighted by molar-refractivity contribution is -0.137. The third-order valence-corrected chi connectivity index (χ3v) is 8.32. The van der Waals surface area contributed by atoms with Crippen LogP contribution >= 0.6 is 23.5 Å². The van der Waals surface area contributed by atoms with E-state index < -0.39 is 17.6 Å². The first kappa shape index (κ1) is 24.1. The summed E-state index contributed by atoms with van der Waals surface area (Å²) in [6.07, 6.45) is -3.38. The molecule has 5 nitrogen and oxygen atoms in total.